The second-order valence-corrected chi connectivity index (χ2v) is 13.4. The van der Waals surface area contributed by atoms with Gasteiger partial charge >= 0.3 is 5.97 Å². The fourth-order valence-corrected chi connectivity index (χ4v) is 8.33. The minimum atomic E-state index is -0.820. The predicted octanol–water partition coefficient (Wildman–Crippen LogP) is 8.97. The molecule has 1 N–H and O–H groups in total. The lowest BCUT2D eigenvalue weighted by Crippen LogP contribution is -2.38. The number of ether oxygens (including phenoxy) is 2. The Bertz CT molecular complexity index is 2370. The van der Waals surface area contributed by atoms with Crippen molar-refractivity contribution in [1.29, 1.82) is 0 Å². The van der Waals surface area contributed by atoms with Gasteiger partial charge in [-0.05, 0) is 76.9 Å². The van der Waals surface area contributed by atoms with Gasteiger partial charge in [0.1, 0.15) is 13.0 Å². The van der Waals surface area contributed by atoms with Gasteiger partial charge in [-0.3, -0.25) is 9.59 Å². The Hall–Kier alpha value is -5.95. The van der Waals surface area contributed by atoms with Crippen LogP contribution in [0, 0.1) is 5.92 Å². The maximum atomic E-state index is 12.0. The number of carbonyl (C=O) groups is 2. The van der Waals surface area contributed by atoms with E-state index in [0.29, 0.717) is 25.4 Å². The van der Waals surface area contributed by atoms with E-state index in [0.717, 1.165) is 51.8 Å². The first kappa shape index (κ1) is 32.3. The molecule has 0 spiro atoms. The third kappa shape index (κ3) is 5.59. The van der Waals surface area contributed by atoms with Gasteiger partial charge in [0.25, 0.3) is 6.47 Å². The Morgan fingerprint density at radius 2 is 1.67 bits per heavy atom. The molecule has 0 saturated heterocycles. The molecule has 7 heteroatoms. The third-order valence-electron chi connectivity index (χ3n) is 10.6. The molecule has 2 aliphatic heterocycles. The highest BCUT2D eigenvalue weighted by Crippen LogP contribution is 2.54. The number of carboxylic acid groups (broad SMARTS) is 1. The number of hydrogen-bond acceptors (Lipinski definition) is 5. The molecule has 0 fully saturated rings. The number of carboxylic acids is 1. The SMILES string of the molecule is CC1(C2C=CCC2)C(/C=C/C=C/C=C2/Oc3cc4ccccc4cc3N2CCOC=O)=[N+](CCC(=O)O)c2c1c1ccccc1c1ccccc21. The molecule has 254 valence electrons. The molecule has 0 saturated carbocycles. The molecule has 51 heavy (non-hydrogen) atoms. The Kier molecular flexibility index (Phi) is 8.48. The van der Waals surface area contributed by atoms with Crippen molar-refractivity contribution in [3.05, 3.63) is 139 Å². The number of anilines is 1. The summed E-state index contributed by atoms with van der Waals surface area (Å²) in [7, 11) is 0. The Labute approximate surface area is 296 Å². The maximum Gasteiger partial charge on any atom is 0.309 e. The van der Waals surface area contributed by atoms with Crippen molar-refractivity contribution in [2.75, 3.05) is 24.6 Å². The van der Waals surface area contributed by atoms with Crippen LogP contribution in [0.25, 0.3) is 32.3 Å². The summed E-state index contributed by atoms with van der Waals surface area (Å²) in [5.74, 6) is 0.828. The molecular weight excluding hydrogens is 636 g/mol. The third-order valence-corrected chi connectivity index (χ3v) is 10.6. The zero-order valence-corrected chi connectivity index (χ0v) is 28.5. The van der Waals surface area contributed by atoms with Crippen LogP contribution in [0.5, 0.6) is 5.75 Å². The summed E-state index contributed by atoms with van der Waals surface area (Å²) in [5.41, 5.74) is 4.00. The van der Waals surface area contributed by atoms with Gasteiger partial charge in [0.05, 0.1) is 23.0 Å². The molecule has 0 amide bonds. The minimum absolute atomic E-state index is 0.0209. The van der Waals surface area contributed by atoms with Crippen molar-refractivity contribution in [3.8, 4) is 5.75 Å². The smallest absolute Gasteiger partial charge is 0.309 e. The Balaban J connectivity index is 1.21. The summed E-state index contributed by atoms with van der Waals surface area (Å²) < 4.78 is 13.6. The molecule has 5 aromatic carbocycles. The highest BCUT2D eigenvalue weighted by molar-refractivity contribution is 6.19. The molecule has 8 rings (SSSR count). The van der Waals surface area contributed by atoms with Gasteiger partial charge in [0.15, 0.2) is 18.0 Å². The molecule has 1 aliphatic carbocycles. The normalized spacial score (nSPS) is 20.4. The molecule has 5 aromatic rings. The molecule has 0 aromatic heterocycles. The van der Waals surface area contributed by atoms with Gasteiger partial charge in [-0.15, -0.1) is 0 Å². The average molecular weight is 676 g/mol. The van der Waals surface area contributed by atoms with Crippen LogP contribution in [0.4, 0.5) is 11.4 Å². The van der Waals surface area contributed by atoms with Crippen LogP contribution in [0.1, 0.15) is 31.7 Å². The number of rotatable bonds is 11. The zero-order valence-electron chi connectivity index (χ0n) is 28.5. The molecule has 2 unspecified atom stereocenters. The van der Waals surface area contributed by atoms with Gasteiger partial charge < -0.3 is 19.5 Å². The average Bonchev–Trinajstić information content (AvgIpc) is 3.87. The molecule has 0 bridgehead atoms. The molecule has 2 atom stereocenters. The quantitative estimate of drug-likeness (QED) is 0.0376. The maximum absolute atomic E-state index is 12.0. The number of fused-ring (bicyclic) bond motifs is 8. The highest BCUT2D eigenvalue weighted by Gasteiger charge is 2.53. The summed E-state index contributed by atoms with van der Waals surface area (Å²) in [6, 6.07) is 29.4. The highest BCUT2D eigenvalue weighted by atomic mass is 16.5. The first-order valence-corrected chi connectivity index (χ1v) is 17.5. The number of hydrogen-bond donors (Lipinski definition) is 1. The van der Waals surface area contributed by atoms with Gasteiger partial charge in [0, 0.05) is 11.6 Å². The van der Waals surface area contributed by atoms with Crippen molar-refractivity contribution in [2.45, 2.75) is 31.6 Å². The van der Waals surface area contributed by atoms with Crippen LogP contribution in [-0.2, 0) is 19.7 Å². The van der Waals surface area contributed by atoms with E-state index in [4.69, 9.17) is 9.47 Å². The van der Waals surface area contributed by atoms with E-state index in [1.54, 1.807) is 0 Å². The van der Waals surface area contributed by atoms with Crippen molar-refractivity contribution in [1.82, 2.24) is 0 Å². The summed E-state index contributed by atoms with van der Waals surface area (Å²) in [4.78, 5) is 25.0. The summed E-state index contributed by atoms with van der Waals surface area (Å²) in [5, 5.41) is 16.8. The van der Waals surface area contributed by atoms with Gasteiger partial charge in [-0.1, -0.05) is 97.1 Å². The summed E-state index contributed by atoms with van der Waals surface area (Å²) >= 11 is 0. The molecular formula is C44H39N2O5+. The number of allylic oxidation sites excluding steroid dienone is 7. The molecule has 0 radical (unpaired) electrons. The van der Waals surface area contributed by atoms with E-state index in [1.165, 1.54) is 21.7 Å². The van der Waals surface area contributed by atoms with Crippen LogP contribution in [0.3, 0.4) is 0 Å². The van der Waals surface area contributed by atoms with Gasteiger partial charge in [-0.25, -0.2) is 0 Å². The first-order valence-electron chi connectivity index (χ1n) is 17.5. The number of carbonyl (C=O) groups excluding carboxylic acids is 1. The first-order chi connectivity index (χ1) is 25.0. The van der Waals surface area contributed by atoms with Crippen molar-refractivity contribution in [2.24, 2.45) is 5.92 Å². The fourth-order valence-electron chi connectivity index (χ4n) is 8.33. The van der Waals surface area contributed by atoms with E-state index in [-0.39, 0.29) is 24.4 Å². The lowest BCUT2D eigenvalue weighted by Gasteiger charge is -2.30. The van der Waals surface area contributed by atoms with Crippen molar-refractivity contribution in [3.63, 3.8) is 0 Å². The van der Waals surface area contributed by atoms with E-state index in [9.17, 15) is 14.7 Å². The van der Waals surface area contributed by atoms with Gasteiger partial charge in [-0.2, -0.15) is 4.58 Å². The Morgan fingerprint density at radius 3 is 2.39 bits per heavy atom. The second-order valence-electron chi connectivity index (χ2n) is 13.4. The summed E-state index contributed by atoms with van der Waals surface area (Å²) in [6.45, 7) is 3.84. The van der Waals surface area contributed by atoms with Crippen LogP contribution in [0.15, 0.2) is 133 Å². The van der Waals surface area contributed by atoms with E-state index in [1.807, 2.05) is 47.4 Å². The summed E-state index contributed by atoms with van der Waals surface area (Å²) in [6.07, 6.45) is 16.8. The monoisotopic (exact) mass is 675 g/mol. The fraction of sp³-hybridized carbons (Fsp3) is 0.205. The lowest BCUT2D eigenvalue weighted by molar-refractivity contribution is -0.435. The van der Waals surface area contributed by atoms with Crippen LogP contribution >= 0.6 is 0 Å². The topological polar surface area (TPSA) is 79.1 Å². The zero-order chi connectivity index (χ0) is 35.0. The number of aliphatic carboxylic acids is 1. The van der Waals surface area contributed by atoms with Crippen LogP contribution < -0.4 is 9.64 Å². The minimum Gasteiger partial charge on any atom is -0.481 e. The van der Waals surface area contributed by atoms with Crippen molar-refractivity contribution >= 4 is 61.8 Å². The van der Waals surface area contributed by atoms with E-state index < -0.39 is 5.97 Å². The number of benzene rings is 5. The molecule has 3 aliphatic rings. The van der Waals surface area contributed by atoms with E-state index >= 15 is 0 Å². The number of nitrogens with zero attached hydrogens (tertiary/aromatic N) is 2. The molecule has 2 heterocycles. The second kappa shape index (κ2) is 13.4. The van der Waals surface area contributed by atoms with Crippen LogP contribution in [0.2, 0.25) is 0 Å². The molecule has 7 nitrogen and oxygen atoms in total. The van der Waals surface area contributed by atoms with E-state index in [2.05, 4.69) is 96.5 Å². The largest absolute Gasteiger partial charge is 0.481 e. The Morgan fingerprint density at radius 1 is 0.961 bits per heavy atom. The lowest BCUT2D eigenvalue weighted by atomic mass is 9.67. The van der Waals surface area contributed by atoms with Gasteiger partial charge in [0.2, 0.25) is 11.6 Å². The van der Waals surface area contributed by atoms with Crippen molar-refractivity contribution < 1.29 is 28.7 Å². The predicted molar refractivity (Wildman–Crippen MR) is 203 cm³/mol. The standard InChI is InChI=1S/C44H38N2O5/c1-44(32-15-7-8-16-32)39(46(24-23-41(48)49)43-36-20-12-10-18-34(36)33-17-9-11-19-35(33)42(43)44)21-3-2-4-22-40-45(25-26-50-29-47)37-27-30-13-5-6-14-31(30)28-38(37)51-40/h2-7,9-15,17-22,27-29,32H,8,16,23-26H2,1H3/p+1. The van der Waals surface area contributed by atoms with Crippen LogP contribution in [-0.4, -0.2) is 47.5 Å².